The molecule has 1 saturated heterocycles. The van der Waals surface area contributed by atoms with Gasteiger partial charge in [-0.25, -0.2) is 9.78 Å². The van der Waals surface area contributed by atoms with Crippen molar-refractivity contribution in [3.8, 4) is 0 Å². The van der Waals surface area contributed by atoms with E-state index in [2.05, 4.69) is 14.8 Å². The number of methoxy groups -OCH3 is 1. The number of aromatic nitrogens is 1. The number of anilines is 1. The third-order valence-electron chi connectivity index (χ3n) is 3.53. The smallest absolute Gasteiger partial charge is 0.349 e. The fourth-order valence-electron chi connectivity index (χ4n) is 2.32. The number of thiazole rings is 1. The van der Waals surface area contributed by atoms with Crippen molar-refractivity contribution in [1.29, 1.82) is 0 Å². The average Bonchev–Trinajstić information content (AvgIpc) is 3.15. The van der Waals surface area contributed by atoms with Crippen molar-refractivity contribution < 1.29 is 9.53 Å². The van der Waals surface area contributed by atoms with E-state index in [1.807, 2.05) is 0 Å². The summed E-state index contributed by atoms with van der Waals surface area (Å²) in [5.74, 6) is -0.296. The van der Waals surface area contributed by atoms with Crippen molar-refractivity contribution in [3.05, 3.63) is 11.1 Å². The molecule has 0 bridgehead atoms. The molecule has 1 aliphatic carbocycles. The summed E-state index contributed by atoms with van der Waals surface area (Å²) < 4.78 is 4.70. The summed E-state index contributed by atoms with van der Waals surface area (Å²) in [5, 5.41) is 0.936. The molecule has 0 N–H and O–H groups in total. The molecule has 3 rings (SSSR count). The topological polar surface area (TPSA) is 45.7 Å². The molecule has 98 valence electrons. The molecule has 1 aromatic heterocycles. The Labute approximate surface area is 110 Å². The lowest BCUT2D eigenvalue weighted by Gasteiger charge is -2.34. The molecule has 1 saturated carbocycles. The standard InChI is InChI=1S/C12H17N3O2S/c1-17-11(16)10-8-13-12(18-10)15-6-4-14(5-7-15)9-2-3-9/h8-9H,2-7H2,1H3. The molecular weight excluding hydrogens is 250 g/mol. The van der Waals surface area contributed by atoms with Crippen LogP contribution in [-0.2, 0) is 4.74 Å². The molecule has 0 radical (unpaired) electrons. The second kappa shape index (κ2) is 4.85. The molecule has 0 aromatic carbocycles. The van der Waals surface area contributed by atoms with Gasteiger partial charge in [-0.1, -0.05) is 11.3 Å². The Morgan fingerprint density at radius 2 is 2.11 bits per heavy atom. The normalized spacial score (nSPS) is 21.1. The van der Waals surface area contributed by atoms with Gasteiger partial charge in [-0.2, -0.15) is 0 Å². The van der Waals surface area contributed by atoms with E-state index in [1.54, 1.807) is 6.20 Å². The van der Waals surface area contributed by atoms with Crippen molar-refractivity contribution in [2.75, 3.05) is 38.2 Å². The molecular formula is C12H17N3O2S. The second-order valence-corrected chi connectivity index (χ2v) is 5.76. The molecule has 2 aliphatic rings. The van der Waals surface area contributed by atoms with Crippen molar-refractivity contribution in [2.45, 2.75) is 18.9 Å². The maximum atomic E-state index is 11.4. The Balaban J connectivity index is 1.61. The fourth-order valence-corrected chi connectivity index (χ4v) is 3.21. The Kier molecular flexibility index (Phi) is 3.22. The van der Waals surface area contributed by atoms with E-state index in [0.717, 1.165) is 37.4 Å². The molecule has 0 unspecified atom stereocenters. The molecule has 18 heavy (non-hydrogen) atoms. The van der Waals surface area contributed by atoms with Crippen LogP contribution >= 0.6 is 11.3 Å². The lowest BCUT2D eigenvalue weighted by molar-refractivity contribution is 0.0606. The Hall–Kier alpha value is -1.14. The summed E-state index contributed by atoms with van der Waals surface area (Å²) in [6.45, 7) is 4.23. The van der Waals surface area contributed by atoms with E-state index >= 15 is 0 Å². The van der Waals surface area contributed by atoms with E-state index < -0.39 is 0 Å². The first-order valence-electron chi connectivity index (χ1n) is 6.31. The van der Waals surface area contributed by atoms with Crippen molar-refractivity contribution in [3.63, 3.8) is 0 Å². The highest BCUT2D eigenvalue weighted by Crippen LogP contribution is 2.29. The minimum Gasteiger partial charge on any atom is -0.465 e. The van der Waals surface area contributed by atoms with Crippen LogP contribution in [0, 0.1) is 0 Å². The van der Waals surface area contributed by atoms with Crippen molar-refractivity contribution in [2.24, 2.45) is 0 Å². The van der Waals surface area contributed by atoms with Crippen LogP contribution < -0.4 is 4.90 Å². The third kappa shape index (κ3) is 2.35. The summed E-state index contributed by atoms with van der Waals surface area (Å²) in [6, 6.07) is 0.842. The van der Waals surface area contributed by atoms with Gasteiger partial charge in [0, 0.05) is 32.2 Å². The molecule has 5 nitrogen and oxygen atoms in total. The van der Waals surface area contributed by atoms with Crippen LogP contribution in [0.2, 0.25) is 0 Å². The minimum absolute atomic E-state index is 0.296. The van der Waals surface area contributed by atoms with Crippen LogP contribution in [0.4, 0.5) is 5.13 Å². The van der Waals surface area contributed by atoms with Crippen molar-refractivity contribution >= 4 is 22.4 Å². The molecule has 0 spiro atoms. The number of hydrogen-bond acceptors (Lipinski definition) is 6. The fraction of sp³-hybridized carbons (Fsp3) is 0.667. The zero-order valence-electron chi connectivity index (χ0n) is 10.5. The highest BCUT2D eigenvalue weighted by atomic mass is 32.1. The van der Waals surface area contributed by atoms with Gasteiger partial charge in [0.1, 0.15) is 4.88 Å². The van der Waals surface area contributed by atoms with E-state index in [1.165, 1.54) is 31.3 Å². The van der Waals surface area contributed by atoms with Crippen molar-refractivity contribution in [1.82, 2.24) is 9.88 Å². The van der Waals surface area contributed by atoms with Crippen LogP contribution in [0.3, 0.4) is 0 Å². The van der Waals surface area contributed by atoms with Gasteiger partial charge in [-0.05, 0) is 12.8 Å². The molecule has 1 aliphatic heterocycles. The summed E-state index contributed by atoms with van der Waals surface area (Å²) >= 11 is 1.42. The number of carbonyl (C=O) groups is 1. The quantitative estimate of drug-likeness (QED) is 0.770. The molecule has 2 fully saturated rings. The summed E-state index contributed by atoms with van der Waals surface area (Å²) in [7, 11) is 1.40. The van der Waals surface area contributed by atoms with Crippen LogP contribution in [-0.4, -0.2) is 55.2 Å². The van der Waals surface area contributed by atoms with Crippen LogP contribution in [0.1, 0.15) is 22.5 Å². The summed E-state index contributed by atoms with van der Waals surface area (Å²) in [5.41, 5.74) is 0. The number of ether oxygens (including phenoxy) is 1. The maximum absolute atomic E-state index is 11.4. The van der Waals surface area contributed by atoms with Gasteiger partial charge in [0.2, 0.25) is 0 Å². The SMILES string of the molecule is COC(=O)c1cnc(N2CCN(C3CC3)CC2)s1. The van der Waals surface area contributed by atoms with Gasteiger partial charge in [0.25, 0.3) is 0 Å². The van der Waals surface area contributed by atoms with Gasteiger partial charge in [-0.3, -0.25) is 4.90 Å². The predicted molar refractivity (Wildman–Crippen MR) is 70.3 cm³/mol. The first-order chi connectivity index (χ1) is 8.78. The molecule has 0 amide bonds. The Morgan fingerprint density at radius 3 is 2.72 bits per heavy atom. The van der Waals surface area contributed by atoms with Crippen LogP contribution in [0.5, 0.6) is 0 Å². The number of piperazine rings is 1. The zero-order chi connectivity index (χ0) is 12.5. The average molecular weight is 267 g/mol. The molecule has 1 aromatic rings. The first-order valence-corrected chi connectivity index (χ1v) is 7.12. The largest absolute Gasteiger partial charge is 0.465 e. The highest BCUT2D eigenvalue weighted by molar-refractivity contribution is 7.17. The molecule has 0 atom stereocenters. The van der Waals surface area contributed by atoms with Gasteiger partial charge in [0.15, 0.2) is 5.13 Å². The number of rotatable bonds is 3. The van der Waals surface area contributed by atoms with E-state index in [-0.39, 0.29) is 5.97 Å². The number of carbonyl (C=O) groups excluding carboxylic acids is 1. The highest BCUT2D eigenvalue weighted by Gasteiger charge is 2.31. The van der Waals surface area contributed by atoms with Gasteiger partial charge >= 0.3 is 5.97 Å². The Morgan fingerprint density at radius 1 is 1.39 bits per heavy atom. The lowest BCUT2D eigenvalue weighted by Crippen LogP contribution is -2.47. The summed E-state index contributed by atoms with van der Waals surface area (Å²) in [6.07, 6.45) is 4.34. The number of hydrogen-bond donors (Lipinski definition) is 0. The summed E-state index contributed by atoms with van der Waals surface area (Å²) in [4.78, 5) is 21.1. The van der Waals surface area contributed by atoms with E-state index in [4.69, 9.17) is 4.74 Å². The molecule has 2 heterocycles. The third-order valence-corrected chi connectivity index (χ3v) is 4.57. The maximum Gasteiger partial charge on any atom is 0.349 e. The van der Waals surface area contributed by atoms with Gasteiger partial charge < -0.3 is 9.64 Å². The first kappa shape index (κ1) is 11.9. The molecule has 6 heteroatoms. The lowest BCUT2D eigenvalue weighted by atomic mass is 10.3. The van der Waals surface area contributed by atoms with Crippen LogP contribution in [0.25, 0.3) is 0 Å². The zero-order valence-corrected chi connectivity index (χ0v) is 11.3. The minimum atomic E-state index is -0.296. The predicted octanol–water partition coefficient (Wildman–Crippen LogP) is 1.21. The van der Waals surface area contributed by atoms with Crippen LogP contribution in [0.15, 0.2) is 6.20 Å². The number of esters is 1. The van der Waals surface area contributed by atoms with E-state index in [9.17, 15) is 4.79 Å². The van der Waals surface area contributed by atoms with E-state index in [0.29, 0.717) is 4.88 Å². The van der Waals surface area contributed by atoms with Gasteiger partial charge in [-0.15, -0.1) is 0 Å². The number of nitrogens with zero attached hydrogens (tertiary/aromatic N) is 3. The monoisotopic (exact) mass is 267 g/mol. The second-order valence-electron chi connectivity index (χ2n) is 4.75. The van der Waals surface area contributed by atoms with Gasteiger partial charge in [0.05, 0.1) is 13.3 Å². The Bertz CT molecular complexity index is 436.